The molecule has 0 amide bonds. The van der Waals surface area contributed by atoms with E-state index >= 15 is 0 Å². The molecule has 1 rings (SSSR count). The Labute approximate surface area is 139 Å². The van der Waals surface area contributed by atoms with E-state index in [2.05, 4.69) is 67.9 Å². The van der Waals surface area contributed by atoms with Crippen molar-refractivity contribution in [2.45, 2.75) is 71.3 Å². The average molecular weight is 355 g/mol. The summed E-state index contributed by atoms with van der Waals surface area (Å²) >= 11 is 3.63. The predicted molar refractivity (Wildman–Crippen MR) is 96.4 cm³/mol. The fourth-order valence-corrected chi connectivity index (χ4v) is 2.91. The summed E-state index contributed by atoms with van der Waals surface area (Å²) in [6.45, 7) is 9.73. The second kappa shape index (κ2) is 9.63. The summed E-state index contributed by atoms with van der Waals surface area (Å²) in [7, 11) is 0. The minimum absolute atomic E-state index is 0.222. The van der Waals surface area contributed by atoms with Gasteiger partial charge in [0.1, 0.15) is 0 Å². The van der Waals surface area contributed by atoms with Gasteiger partial charge in [0.05, 0.1) is 5.60 Å². The minimum Gasteiger partial charge on any atom is -0.370 e. The van der Waals surface area contributed by atoms with E-state index in [1.807, 2.05) is 0 Å². The second-order valence-corrected chi connectivity index (χ2v) is 6.96. The van der Waals surface area contributed by atoms with E-state index in [0.717, 1.165) is 18.4 Å². The van der Waals surface area contributed by atoms with Gasteiger partial charge < -0.3 is 4.74 Å². The first-order chi connectivity index (χ1) is 10.0. The van der Waals surface area contributed by atoms with E-state index in [4.69, 9.17) is 4.74 Å². The van der Waals surface area contributed by atoms with Gasteiger partial charge in [0, 0.05) is 11.9 Å². The highest BCUT2D eigenvalue weighted by Gasteiger charge is 2.26. The molecule has 0 aromatic heterocycles. The maximum atomic E-state index is 6.20. The molecule has 0 saturated carbocycles. The van der Waals surface area contributed by atoms with E-state index in [1.54, 1.807) is 0 Å². The number of hydrogen-bond donors (Lipinski definition) is 0. The first-order valence-corrected chi connectivity index (χ1v) is 9.46. The van der Waals surface area contributed by atoms with Crippen LogP contribution in [-0.2, 0) is 10.3 Å². The van der Waals surface area contributed by atoms with Crippen molar-refractivity contribution in [3.63, 3.8) is 0 Å². The van der Waals surface area contributed by atoms with Crippen LogP contribution >= 0.6 is 15.9 Å². The Hall–Kier alpha value is -0.340. The first kappa shape index (κ1) is 18.7. The summed E-state index contributed by atoms with van der Waals surface area (Å²) in [6.07, 6.45) is 6.40. The smallest absolute Gasteiger partial charge is 0.0999 e. The van der Waals surface area contributed by atoms with Crippen molar-refractivity contribution in [1.29, 1.82) is 0 Å². The zero-order valence-electron chi connectivity index (χ0n) is 14.1. The van der Waals surface area contributed by atoms with E-state index in [9.17, 15) is 0 Å². The SMILES string of the molecule is CCCCCCCOC(C)(CBr)c1ccc(C(C)C)cc1. The Bertz CT molecular complexity index is 385. The monoisotopic (exact) mass is 354 g/mol. The largest absolute Gasteiger partial charge is 0.370 e. The standard InChI is InChI=1S/C19H31BrO/c1-5-6-7-8-9-14-21-19(4,15-20)18-12-10-17(11-13-18)16(2)3/h10-13,16H,5-9,14-15H2,1-4H3. The number of benzene rings is 1. The lowest BCUT2D eigenvalue weighted by atomic mass is 9.94. The summed E-state index contributed by atoms with van der Waals surface area (Å²) in [5.74, 6) is 0.578. The van der Waals surface area contributed by atoms with Gasteiger partial charge in [-0.1, -0.05) is 86.6 Å². The highest BCUT2D eigenvalue weighted by Crippen LogP contribution is 2.29. The van der Waals surface area contributed by atoms with Crippen LogP contribution in [0.15, 0.2) is 24.3 Å². The summed E-state index contributed by atoms with van der Waals surface area (Å²) in [4.78, 5) is 0. The van der Waals surface area contributed by atoms with Crippen LogP contribution in [0, 0.1) is 0 Å². The Morgan fingerprint density at radius 3 is 2.19 bits per heavy atom. The zero-order valence-corrected chi connectivity index (χ0v) is 15.7. The molecule has 0 saturated heterocycles. The van der Waals surface area contributed by atoms with Crippen LogP contribution in [-0.4, -0.2) is 11.9 Å². The molecule has 0 spiro atoms. The summed E-state index contributed by atoms with van der Waals surface area (Å²) < 4.78 is 6.20. The lowest BCUT2D eigenvalue weighted by Gasteiger charge is -2.29. The molecule has 2 heteroatoms. The molecular formula is C19H31BrO. The van der Waals surface area contributed by atoms with Crippen molar-refractivity contribution in [3.8, 4) is 0 Å². The molecule has 0 aliphatic rings. The Kier molecular flexibility index (Phi) is 8.58. The van der Waals surface area contributed by atoms with Gasteiger partial charge in [0.15, 0.2) is 0 Å². The Morgan fingerprint density at radius 1 is 1.05 bits per heavy atom. The molecule has 0 radical (unpaired) electrons. The summed E-state index contributed by atoms with van der Waals surface area (Å²) in [6, 6.07) is 8.89. The number of ether oxygens (including phenoxy) is 1. The van der Waals surface area contributed by atoms with E-state index in [-0.39, 0.29) is 5.60 Å². The molecule has 1 atom stereocenters. The van der Waals surface area contributed by atoms with Gasteiger partial charge in [-0.15, -0.1) is 0 Å². The van der Waals surface area contributed by atoms with Gasteiger partial charge in [0.2, 0.25) is 0 Å². The van der Waals surface area contributed by atoms with Crippen LogP contribution in [0.1, 0.15) is 76.8 Å². The van der Waals surface area contributed by atoms with E-state index in [0.29, 0.717) is 5.92 Å². The molecule has 0 aliphatic heterocycles. The lowest BCUT2D eigenvalue weighted by Crippen LogP contribution is -2.28. The van der Waals surface area contributed by atoms with Crippen molar-refractivity contribution < 1.29 is 4.74 Å². The molecular weight excluding hydrogens is 324 g/mol. The van der Waals surface area contributed by atoms with Crippen molar-refractivity contribution in [1.82, 2.24) is 0 Å². The maximum Gasteiger partial charge on any atom is 0.0999 e. The predicted octanol–water partition coefficient (Wildman–Crippen LogP) is 6.41. The van der Waals surface area contributed by atoms with E-state index in [1.165, 1.54) is 36.8 Å². The van der Waals surface area contributed by atoms with Crippen LogP contribution in [0.5, 0.6) is 0 Å². The normalized spacial score (nSPS) is 14.4. The number of rotatable bonds is 10. The Morgan fingerprint density at radius 2 is 1.67 bits per heavy atom. The third-order valence-electron chi connectivity index (χ3n) is 4.11. The third kappa shape index (κ3) is 6.12. The quantitative estimate of drug-likeness (QED) is 0.348. The van der Waals surface area contributed by atoms with Gasteiger partial charge in [-0.3, -0.25) is 0 Å². The second-order valence-electron chi connectivity index (χ2n) is 6.40. The zero-order chi connectivity index (χ0) is 15.7. The van der Waals surface area contributed by atoms with Gasteiger partial charge >= 0.3 is 0 Å². The lowest BCUT2D eigenvalue weighted by molar-refractivity contribution is -0.0186. The van der Waals surface area contributed by atoms with Crippen LogP contribution < -0.4 is 0 Å². The molecule has 1 aromatic carbocycles. The van der Waals surface area contributed by atoms with Crippen molar-refractivity contribution in [2.24, 2.45) is 0 Å². The number of halogens is 1. The summed E-state index contributed by atoms with van der Waals surface area (Å²) in [5, 5.41) is 0.829. The molecule has 1 unspecified atom stereocenters. The van der Waals surface area contributed by atoms with Crippen molar-refractivity contribution >= 4 is 15.9 Å². The van der Waals surface area contributed by atoms with Gasteiger partial charge in [-0.05, 0) is 30.4 Å². The molecule has 21 heavy (non-hydrogen) atoms. The average Bonchev–Trinajstić information content (AvgIpc) is 2.50. The highest BCUT2D eigenvalue weighted by molar-refractivity contribution is 9.09. The van der Waals surface area contributed by atoms with Gasteiger partial charge in [-0.25, -0.2) is 0 Å². The first-order valence-electron chi connectivity index (χ1n) is 8.34. The fraction of sp³-hybridized carbons (Fsp3) is 0.684. The molecule has 0 bridgehead atoms. The van der Waals surface area contributed by atoms with E-state index < -0.39 is 0 Å². The molecule has 1 aromatic rings. The number of hydrogen-bond acceptors (Lipinski definition) is 1. The third-order valence-corrected chi connectivity index (χ3v) is 5.18. The number of unbranched alkanes of at least 4 members (excludes halogenated alkanes) is 4. The molecule has 0 N–H and O–H groups in total. The summed E-state index contributed by atoms with van der Waals surface area (Å²) in [5.41, 5.74) is 2.42. The van der Waals surface area contributed by atoms with Crippen molar-refractivity contribution in [2.75, 3.05) is 11.9 Å². The molecule has 120 valence electrons. The minimum atomic E-state index is -0.222. The van der Waals surface area contributed by atoms with Gasteiger partial charge in [0.25, 0.3) is 0 Å². The van der Waals surface area contributed by atoms with Crippen LogP contribution in [0.2, 0.25) is 0 Å². The number of alkyl halides is 1. The maximum absolute atomic E-state index is 6.20. The molecule has 0 aliphatic carbocycles. The van der Waals surface area contributed by atoms with Crippen LogP contribution in [0.4, 0.5) is 0 Å². The van der Waals surface area contributed by atoms with Crippen LogP contribution in [0.3, 0.4) is 0 Å². The molecule has 0 fully saturated rings. The van der Waals surface area contributed by atoms with Crippen LogP contribution in [0.25, 0.3) is 0 Å². The van der Waals surface area contributed by atoms with Gasteiger partial charge in [-0.2, -0.15) is 0 Å². The topological polar surface area (TPSA) is 9.23 Å². The molecule has 1 nitrogen and oxygen atoms in total. The highest BCUT2D eigenvalue weighted by atomic mass is 79.9. The fourth-order valence-electron chi connectivity index (χ4n) is 2.42. The van der Waals surface area contributed by atoms with Crippen molar-refractivity contribution in [3.05, 3.63) is 35.4 Å². The molecule has 0 heterocycles. The Balaban J connectivity index is 2.54.